The highest BCUT2D eigenvalue weighted by Crippen LogP contribution is 2.20. The third kappa shape index (κ3) is 3.22. The summed E-state index contributed by atoms with van der Waals surface area (Å²) >= 11 is 5.68. The van der Waals surface area contributed by atoms with E-state index in [9.17, 15) is 0 Å². The molecule has 2 heteroatoms. The van der Waals surface area contributed by atoms with Crippen LogP contribution in [0, 0.1) is 0 Å². The Balaban J connectivity index is 2.73. The molecule has 1 nitrogen and oxygen atoms in total. The van der Waals surface area contributed by atoms with E-state index in [1.807, 2.05) is 19.1 Å². The smallest absolute Gasteiger partial charge is 0.120 e. The molecule has 0 radical (unpaired) electrons. The molecule has 14 heavy (non-hydrogen) atoms. The summed E-state index contributed by atoms with van der Waals surface area (Å²) in [7, 11) is 0. The Hall–Kier alpha value is -0.690. The van der Waals surface area contributed by atoms with Crippen molar-refractivity contribution in [1.82, 2.24) is 0 Å². The van der Waals surface area contributed by atoms with E-state index in [2.05, 4.69) is 26.0 Å². The van der Waals surface area contributed by atoms with Crippen molar-refractivity contribution in [1.29, 1.82) is 0 Å². The Morgan fingerprint density at radius 1 is 1.29 bits per heavy atom. The van der Waals surface area contributed by atoms with E-state index in [1.54, 1.807) is 0 Å². The number of hydrogen-bond acceptors (Lipinski definition) is 1. The van der Waals surface area contributed by atoms with Crippen LogP contribution in [0.3, 0.4) is 0 Å². The van der Waals surface area contributed by atoms with Crippen LogP contribution in [0.5, 0.6) is 5.75 Å². The van der Waals surface area contributed by atoms with Gasteiger partial charge in [-0.05, 0) is 30.5 Å². The third-order valence-corrected chi connectivity index (χ3v) is 2.51. The minimum Gasteiger partial charge on any atom is -0.489 e. The second-order valence-corrected chi connectivity index (χ2v) is 4.12. The summed E-state index contributed by atoms with van der Waals surface area (Å²) in [4.78, 5) is 0. The summed E-state index contributed by atoms with van der Waals surface area (Å²) < 4.78 is 5.62. The Morgan fingerprint density at radius 2 is 2.00 bits per heavy atom. The molecule has 0 aliphatic carbocycles. The average molecular weight is 213 g/mol. The second kappa shape index (κ2) is 5.26. The van der Waals surface area contributed by atoms with Crippen molar-refractivity contribution in [3.8, 4) is 5.75 Å². The minimum absolute atomic E-state index is 0.0686. The standard InChI is InChI=1S/C12H17ClO/c1-9(2)11-5-4-6-12(7-11)14-10(3)8-13/h4-7,9-10H,8H2,1-3H3. The van der Waals surface area contributed by atoms with Gasteiger partial charge in [0, 0.05) is 0 Å². The maximum atomic E-state index is 5.68. The second-order valence-electron chi connectivity index (χ2n) is 3.81. The van der Waals surface area contributed by atoms with Gasteiger partial charge in [-0.3, -0.25) is 0 Å². The lowest BCUT2D eigenvalue weighted by Gasteiger charge is -2.13. The monoisotopic (exact) mass is 212 g/mol. The fourth-order valence-corrected chi connectivity index (χ4v) is 1.27. The molecule has 1 aromatic carbocycles. The van der Waals surface area contributed by atoms with Crippen LogP contribution < -0.4 is 4.74 Å². The van der Waals surface area contributed by atoms with Crippen LogP contribution >= 0.6 is 11.6 Å². The van der Waals surface area contributed by atoms with Crippen LogP contribution in [0.15, 0.2) is 24.3 Å². The van der Waals surface area contributed by atoms with Crippen molar-refractivity contribution in [2.24, 2.45) is 0 Å². The summed E-state index contributed by atoms with van der Waals surface area (Å²) in [6, 6.07) is 8.18. The normalized spacial score (nSPS) is 12.9. The van der Waals surface area contributed by atoms with Gasteiger partial charge in [0.2, 0.25) is 0 Å². The first-order valence-electron chi connectivity index (χ1n) is 4.96. The Bertz CT molecular complexity index is 283. The number of ether oxygens (including phenoxy) is 1. The number of hydrogen-bond donors (Lipinski definition) is 0. The average Bonchev–Trinajstić information content (AvgIpc) is 2.18. The molecule has 0 aliphatic heterocycles. The van der Waals surface area contributed by atoms with Gasteiger partial charge in [-0.15, -0.1) is 11.6 Å². The third-order valence-electron chi connectivity index (χ3n) is 2.08. The van der Waals surface area contributed by atoms with Crippen molar-refractivity contribution >= 4 is 11.6 Å². The van der Waals surface area contributed by atoms with Crippen molar-refractivity contribution in [2.75, 3.05) is 5.88 Å². The molecular weight excluding hydrogens is 196 g/mol. The summed E-state index contributed by atoms with van der Waals surface area (Å²) in [6.07, 6.45) is 0.0686. The van der Waals surface area contributed by atoms with Crippen LogP contribution in [0.2, 0.25) is 0 Å². The van der Waals surface area contributed by atoms with Crippen LogP contribution in [0.4, 0.5) is 0 Å². The van der Waals surface area contributed by atoms with Crippen LogP contribution in [0.25, 0.3) is 0 Å². The van der Waals surface area contributed by atoms with Crippen molar-refractivity contribution in [2.45, 2.75) is 32.8 Å². The highest BCUT2D eigenvalue weighted by atomic mass is 35.5. The SMILES string of the molecule is CC(CCl)Oc1cccc(C(C)C)c1. The van der Waals surface area contributed by atoms with E-state index in [4.69, 9.17) is 16.3 Å². The fourth-order valence-electron chi connectivity index (χ4n) is 1.21. The topological polar surface area (TPSA) is 9.23 Å². The molecule has 0 heterocycles. The van der Waals surface area contributed by atoms with Gasteiger partial charge in [0.1, 0.15) is 11.9 Å². The maximum absolute atomic E-state index is 5.68. The van der Waals surface area contributed by atoms with E-state index in [0.29, 0.717) is 11.8 Å². The van der Waals surface area contributed by atoms with Crippen LogP contribution in [-0.2, 0) is 0 Å². The van der Waals surface area contributed by atoms with E-state index < -0.39 is 0 Å². The van der Waals surface area contributed by atoms with E-state index in [0.717, 1.165) is 5.75 Å². The number of halogens is 1. The molecule has 0 saturated carbocycles. The first-order valence-corrected chi connectivity index (χ1v) is 5.49. The highest BCUT2D eigenvalue weighted by molar-refractivity contribution is 6.18. The molecule has 1 unspecified atom stereocenters. The van der Waals surface area contributed by atoms with Gasteiger partial charge in [0.05, 0.1) is 5.88 Å². The molecule has 0 fully saturated rings. The van der Waals surface area contributed by atoms with Gasteiger partial charge in [0.15, 0.2) is 0 Å². The van der Waals surface area contributed by atoms with E-state index >= 15 is 0 Å². The fraction of sp³-hybridized carbons (Fsp3) is 0.500. The molecule has 0 aliphatic rings. The van der Waals surface area contributed by atoms with Gasteiger partial charge in [0.25, 0.3) is 0 Å². The van der Waals surface area contributed by atoms with Crippen molar-refractivity contribution in [3.05, 3.63) is 29.8 Å². The van der Waals surface area contributed by atoms with Crippen molar-refractivity contribution in [3.63, 3.8) is 0 Å². The summed E-state index contributed by atoms with van der Waals surface area (Å²) in [5.74, 6) is 1.96. The zero-order chi connectivity index (χ0) is 10.6. The molecule has 1 atom stereocenters. The quantitative estimate of drug-likeness (QED) is 0.690. The zero-order valence-electron chi connectivity index (χ0n) is 8.96. The molecule has 1 rings (SSSR count). The number of alkyl halides is 1. The molecule has 0 spiro atoms. The van der Waals surface area contributed by atoms with Crippen LogP contribution in [-0.4, -0.2) is 12.0 Å². The van der Waals surface area contributed by atoms with Crippen molar-refractivity contribution < 1.29 is 4.74 Å². The highest BCUT2D eigenvalue weighted by Gasteiger charge is 2.04. The van der Waals surface area contributed by atoms with Gasteiger partial charge < -0.3 is 4.74 Å². The molecule has 0 saturated heterocycles. The van der Waals surface area contributed by atoms with E-state index in [1.165, 1.54) is 5.56 Å². The summed E-state index contributed by atoms with van der Waals surface area (Å²) in [5.41, 5.74) is 1.30. The molecule has 1 aromatic rings. The van der Waals surface area contributed by atoms with E-state index in [-0.39, 0.29) is 6.10 Å². The minimum atomic E-state index is 0.0686. The largest absolute Gasteiger partial charge is 0.489 e. The molecular formula is C12H17ClO. The van der Waals surface area contributed by atoms with Crippen LogP contribution in [0.1, 0.15) is 32.3 Å². The maximum Gasteiger partial charge on any atom is 0.120 e. The molecule has 0 aromatic heterocycles. The Kier molecular flexibility index (Phi) is 4.27. The molecule has 78 valence electrons. The lowest BCUT2D eigenvalue weighted by atomic mass is 10.0. The lowest BCUT2D eigenvalue weighted by molar-refractivity contribution is 0.245. The Labute approximate surface area is 91.0 Å². The molecule has 0 amide bonds. The molecule has 0 bridgehead atoms. The summed E-state index contributed by atoms with van der Waals surface area (Å²) in [6.45, 7) is 6.31. The van der Waals surface area contributed by atoms with Gasteiger partial charge in [-0.2, -0.15) is 0 Å². The predicted molar refractivity (Wildman–Crippen MR) is 61.3 cm³/mol. The molecule has 0 N–H and O–H groups in total. The Morgan fingerprint density at radius 3 is 2.57 bits per heavy atom. The van der Waals surface area contributed by atoms with Gasteiger partial charge in [-0.25, -0.2) is 0 Å². The first-order chi connectivity index (χ1) is 6.63. The number of benzene rings is 1. The number of rotatable bonds is 4. The predicted octanol–water partition coefficient (Wildman–Crippen LogP) is 3.82. The first kappa shape index (κ1) is 11.4. The van der Waals surface area contributed by atoms with Gasteiger partial charge in [-0.1, -0.05) is 26.0 Å². The lowest BCUT2D eigenvalue weighted by Crippen LogP contribution is -2.13. The van der Waals surface area contributed by atoms with Gasteiger partial charge >= 0.3 is 0 Å². The summed E-state index contributed by atoms with van der Waals surface area (Å²) in [5, 5.41) is 0. The zero-order valence-corrected chi connectivity index (χ0v) is 9.71.